The van der Waals surface area contributed by atoms with Crippen molar-refractivity contribution in [1.82, 2.24) is 15.5 Å². The predicted molar refractivity (Wildman–Crippen MR) is 115 cm³/mol. The number of nitrogens with one attached hydrogen (secondary N) is 2. The molecule has 0 bridgehead atoms. The van der Waals surface area contributed by atoms with Crippen LogP contribution in [0.2, 0.25) is 0 Å². The van der Waals surface area contributed by atoms with Crippen molar-refractivity contribution in [3.05, 3.63) is 71.7 Å². The number of halogens is 1. The van der Waals surface area contributed by atoms with Gasteiger partial charge in [0, 0.05) is 24.4 Å². The zero-order valence-corrected chi connectivity index (χ0v) is 20.5. The number of nitrogens with zero attached hydrogens (tertiary/aromatic N) is 1. The van der Waals surface area contributed by atoms with Crippen LogP contribution in [0.4, 0.5) is 9.18 Å². The maximum atomic E-state index is 14.6. The summed E-state index contributed by atoms with van der Waals surface area (Å²) in [6.07, 6.45) is 0.756. The minimum absolute atomic E-state index is 0. The number of benzene rings is 2. The van der Waals surface area contributed by atoms with Crippen LogP contribution >= 0.6 is 0 Å². The molecule has 2 aromatic rings. The van der Waals surface area contributed by atoms with Crippen molar-refractivity contribution < 1.29 is 59.7 Å². The third-order valence-electron chi connectivity index (χ3n) is 5.07. The van der Waals surface area contributed by atoms with Crippen molar-refractivity contribution in [3.8, 4) is 11.1 Å². The van der Waals surface area contributed by atoms with Gasteiger partial charge in [-0.05, 0) is 30.2 Å². The van der Waals surface area contributed by atoms with Crippen LogP contribution < -0.4 is 40.2 Å². The van der Waals surface area contributed by atoms with E-state index in [4.69, 9.17) is 0 Å². The van der Waals surface area contributed by atoms with Crippen LogP contribution in [0, 0.1) is 5.82 Å². The first-order chi connectivity index (χ1) is 15.2. The molecule has 0 radical (unpaired) electrons. The summed E-state index contributed by atoms with van der Waals surface area (Å²) in [4.78, 5) is 49.7. The number of carbonyl (C=O) groups is 4. The number of amides is 3. The first-order valence-corrected chi connectivity index (χ1v) is 9.80. The standard InChI is InChI=1S/C23H22FN3O5.Na.H/c1-13-12-27(2)22(31)20(21(13)30)26-23(32)25-18(11-19(28)29)16-10-15(8-9-17(16)24)14-6-4-3-5-7-14;;/h3-10,12,18,20H,11H2,1-2H3,(H,28,29)(H2,25,26,32);;/q;+1;-1/t18-,20?;;/m0../s1. The van der Waals surface area contributed by atoms with Crippen molar-refractivity contribution in [2.24, 2.45) is 0 Å². The summed E-state index contributed by atoms with van der Waals surface area (Å²) in [6.45, 7) is 1.51. The van der Waals surface area contributed by atoms with Gasteiger partial charge in [0.1, 0.15) is 5.82 Å². The third kappa shape index (κ3) is 6.28. The minimum Gasteiger partial charge on any atom is -1.00 e. The summed E-state index contributed by atoms with van der Waals surface area (Å²) >= 11 is 0. The minimum atomic E-state index is -1.45. The third-order valence-corrected chi connectivity index (χ3v) is 5.07. The second-order valence-electron chi connectivity index (χ2n) is 7.43. The molecule has 33 heavy (non-hydrogen) atoms. The van der Waals surface area contributed by atoms with E-state index < -0.39 is 48.0 Å². The van der Waals surface area contributed by atoms with E-state index in [-0.39, 0.29) is 42.1 Å². The Morgan fingerprint density at radius 3 is 2.45 bits per heavy atom. The Balaban J connectivity index is 0.00000289. The number of carboxylic acids is 1. The molecule has 0 saturated heterocycles. The van der Waals surface area contributed by atoms with Crippen molar-refractivity contribution >= 4 is 23.7 Å². The fourth-order valence-corrected chi connectivity index (χ4v) is 3.45. The van der Waals surface area contributed by atoms with Gasteiger partial charge in [-0.2, -0.15) is 0 Å². The molecule has 8 nitrogen and oxygen atoms in total. The molecular formula is C23H23FN3NaO5. The van der Waals surface area contributed by atoms with E-state index in [2.05, 4.69) is 10.6 Å². The van der Waals surface area contributed by atoms with E-state index >= 15 is 0 Å². The average molecular weight is 463 g/mol. The van der Waals surface area contributed by atoms with E-state index in [1.165, 1.54) is 37.2 Å². The number of likely N-dealkylation sites (N-methyl/N-ethyl adjacent to an activating group) is 1. The maximum Gasteiger partial charge on any atom is 1.00 e. The molecule has 168 valence electrons. The number of urea groups is 1. The molecular weight excluding hydrogens is 440 g/mol. The van der Waals surface area contributed by atoms with Crippen LogP contribution in [0.15, 0.2) is 60.3 Å². The van der Waals surface area contributed by atoms with Gasteiger partial charge < -0.3 is 22.1 Å². The van der Waals surface area contributed by atoms with Crippen LogP contribution in [0.5, 0.6) is 0 Å². The number of Topliss-reactive ketones (excluding diaryl/α,β-unsaturated/α-hetero) is 1. The molecule has 0 aliphatic carbocycles. The molecule has 3 N–H and O–H groups in total. The second-order valence-corrected chi connectivity index (χ2v) is 7.43. The molecule has 1 unspecified atom stereocenters. The predicted octanol–water partition coefficient (Wildman–Crippen LogP) is -0.262. The monoisotopic (exact) mass is 463 g/mol. The summed E-state index contributed by atoms with van der Waals surface area (Å²) in [5.74, 6) is -3.17. The van der Waals surface area contributed by atoms with Gasteiger partial charge in [0.05, 0.1) is 12.5 Å². The Morgan fingerprint density at radius 2 is 1.82 bits per heavy atom. The number of hydrogen-bond acceptors (Lipinski definition) is 4. The Labute approximate surface area is 213 Å². The van der Waals surface area contributed by atoms with Gasteiger partial charge in [0.2, 0.25) is 0 Å². The normalized spacial score (nSPS) is 16.4. The Hall–Kier alpha value is -3.01. The fraction of sp³-hybridized carbons (Fsp3) is 0.217. The Bertz CT molecular complexity index is 1110. The van der Waals surface area contributed by atoms with Gasteiger partial charge >= 0.3 is 41.6 Å². The molecule has 10 heteroatoms. The van der Waals surface area contributed by atoms with Crippen LogP contribution in [0.3, 0.4) is 0 Å². The van der Waals surface area contributed by atoms with Gasteiger partial charge in [-0.1, -0.05) is 36.4 Å². The molecule has 0 aromatic heterocycles. The number of ketones is 1. The summed E-state index contributed by atoms with van der Waals surface area (Å²) in [5, 5.41) is 14.0. The van der Waals surface area contributed by atoms with Crippen molar-refractivity contribution in [2.75, 3.05) is 7.05 Å². The molecule has 3 amide bonds. The first kappa shape index (κ1) is 26.2. The van der Waals surface area contributed by atoms with Crippen LogP contribution in [-0.4, -0.2) is 46.8 Å². The zero-order chi connectivity index (χ0) is 23.4. The average Bonchev–Trinajstić information content (AvgIpc) is 2.75. The van der Waals surface area contributed by atoms with Crippen molar-refractivity contribution in [3.63, 3.8) is 0 Å². The van der Waals surface area contributed by atoms with E-state index in [0.717, 1.165) is 5.56 Å². The zero-order valence-electron chi connectivity index (χ0n) is 19.5. The van der Waals surface area contributed by atoms with E-state index in [9.17, 15) is 28.7 Å². The number of rotatable bonds is 6. The maximum absolute atomic E-state index is 14.6. The molecule has 0 fully saturated rings. The van der Waals surface area contributed by atoms with Crippen LogP contribution in [0.25, 0.3) is 11.1 Å². The van der Waals surface area contributed by atoms with Gasteiger partial charge in [0.15, 0.2) is 11.8 Å². The van der Waals surface area contributed by atoms with E-state index in [1.807, 2.05) is 30.3 Å². The van der Waals surface area contributed by atoms with E-state index in [0.29, 0.717) is 5.56 Å². The van der Waals surface area contributed by atoms with Gasteiger partial charge in [-0.15, -0.1) is 0 Å². The molecule has 2 atom stereocenters. The van der Waals surface area contributed by atoms with E-state index in [1.54, 1.807) is 6.07 Å². The van der Waals surface area contributed by atoms with Crippen molar-refractivity contribution in [1.29, 1.82) is 0 Å². The summed E-state index contributed by atoms with van der Waals surface area (Å²) in [5.41, 5.74) is 1.68. The Kier molecular flexibility index (Phi) is 8.92. The molecule has 3 rings (SSSR count). The quantitative estimate of drug-likeness (QED) is 0.403. The molecule has 1 heterocycles. The molecule has 2 aromatic carbocycles. The SMILES string of the molecule is CC1=CN(C)C(=O)C(NC(=O)N[C@@H](CC(=O)O)c2cc(-c3ccccc3)ccc2F)C1=O.[H-].[Na+]. The van der Waals surface area contributed by atoms with Gasteiger partial charge in [-0.3, -0.25) is 14.4 Å². The summed E-state index contributed by atoms with van der Waals surface area (Å²) < 4.78 is 14.6. The number of hydrogen-bond donors (Lipinski definition) is 3. The van der Waals surface area contributed by atoms with Crippen LogP contribution in [0.1, 0.15) is 26.4 Å². The fourth-order valence-electron chi connectivity index (χ4n) is 3.45. The Morgan fingerprint density at radius 1 is 1.15 bits per heavy atom. The largest absolute Gasteiger partial charge is 1.00 e. The first-order valence-electron chi connectivity index (χ1n) is 9.80. The smallest absolute Gasteiger partial charge is 1.00 e. The summed E-state index contributed by atoms with van der Waals surface area (Å²) in [7, 11) is 1.45. The summed E-state index contributed by atoms with van der Waals surface area (Å²) in [6, 6.07) is 9.65. The van der Waals surface area contributed by atoms with Gasteiger partial charge in [0.25, 0.3) is 5.91 Å². The van der Waals surface area contributed by atoms with Gasteiger partial charge in [-0.25, -0.2) is 9.18 Å². The molecule has 1 aliphatic heterocycles. The number of carbonyl (C=O) groups excluding carboxylic acids is 3. The topological polar surface area (TPSA) is 116 Å². The molecule has 1 aliphatic rings. The number of carboxylic acid groups (broad SMARTS) is 1. The second kappa shape index (κ2) is 11.2. The molecule has 0 spiro atoms. The van der Waals surface area contributed by atoms with Crippen molar-refractivity contribution in [2.45, 2.75) is 25.4 Å². The van der Waals surface area contributed by atoms with Crippen LogP contribution in [-0.2, 0) is 14.4 Å². The molecule has 0 saturated carbocycles. The number of aliphatic carboxylic acids is 1.